The van der Waals surface area contributed by atoms with E-state index in [1.165, 1.54) is 0 Å². The molecule has 104 valence electrons. The molecule has 1 heterocycles. The summed E-state index contributed by atoms with van der Waals surface area (Å²) in [5.74, 6) is 0.714. The van der Waals surface area contributed by atoms with Gasteiger partial charge in [-0.25, -0.2) is 0 Å². The van der Waals surface area contributed by atoms with Crippen molar-refractivity contribution in [3.05, 3.63) is 29.8 Å². The molecule has 19 heavy (non-hydrogen) atoms. The van der Waals surface area contributed by atoms with E-state index in [2.05, 4.69) is 47.6 Å². The summed E-state index contributed by atoms with van der Waals surface area (Å²) in [5, 5.41) is 0. The zero-order valence-corrected chi connectivity index (χ0v) is 12.8. The first-order valence-corrected chi connectivity index (χ1v) is 6.93. The lowest BCUT2D eigenvalue weighted by molar-refractivity contribution is -0.147. The fourth-order valence-electron chi connectivity index (χ4n) is 3.14. The first-order chi connectivity index (χ1) is 8.62. The first kappa shape index (κ1) is 14.1. The standard InChI is InChI=1S/C17H24O2/c1-16(2,3)13-11-9-7-8-10-12(11)19-15(18)14(13)17(4,5)6/h7-10,13-14H,1-6H3. The summed E-state index contributed by atoms with van der Waals surface area (Å²) in [7, 11) is 0. The molecule has 1 aromatic carbocycles. The van der Waals surface area contributed by atoms with Crippen LogP contribution in [0.25, 0.3) is 0 Å². The molecule has 0 spiro atoms. The van der Waals surface area contributed by atoms with E-state index < -0.39 is 0 Å². The van der Waals surface area contributed by atoms with Gasteiger partial charge in [-0.3, -0.25) is 4.79 Å². The number of esters is 1. The van der Waals surface area contributed by atoms with Crippen LogP contribution >= 0.6 is 0 Å². The molecular formula is C17H24O2. The van der Waals surface area contributed by atoms with Crippen molar-refractivity contribution >= 4 is 5.97 Å². The Morgan fingerprint density at radius 2 is 1.42 bits per heavy atom. The van der Waals surface area contributed by atoms with E-state index in [0.717, 1.165) is 11.3 Å². The third-order valence-electron chi connectivity index (χ3n) is 3.92. The molecule has 0 aromatic heterocycles. The van der Waals surface area contributed by atoms with Crippen molar-refractivity contribution in [2.24, 2.45) is 16.7 Å². The molecule has 0 saturated heterocycles. The molecule has 2 nitrogen and oxygen atoms in total. The molecule has 0 aliphatic carbocycles. The van der Waals surface area contributed by atoms with Crippen LogP contribution in [0.3, 0.4) is 0 Å². The summed E-state index contributed by atoms with van der Waals surface area (Å²) in [5.41, 5.74) is 1.07. The smallest absolute Gasteiger partial charge is 0.315 e. The maximum atomic E-state index is 12.4. The molecule has 2 rings (SSSR count). The van der Waals surface area contributed by atoms with Gasteiger partial charge in [0.1, 0.15) is 5.75 Å². The van der Waals surface area contributed by atoms with Crippen molar-refractivity contribution in [3.8, 4) is 5.75 Å². The van der Waals surface area contributed by atoms with Gasteiger partial charge in [-0.15, -0.1) is 0 Å². The van der Waals surface area contributed by atoms with Crippen molar-refractivity contribution in [3.63, 3.8) is 0 Å². The Labute approximate surface area is 116 Å². The van der Waals surface area contributed by atoms with Crippen LogP contribution in [-0.4, -0.2) is 5.97 Å². The third-order valence-corrected chi connectivity index (χ3v) is 3.92. The van der Waals surface area contributed by atoms with Crippen LogP contribution in [0.5, 0.6) is 5.75 Å². The molecule has 2 atom stereocenters. The Morgan fingerprint density at radius 3 is 1.95 bits per heavy atom. The normalized spacial score (nSPS) is 23.8. The number of benzene rings is 1. The fourth-order valence-corrected chi connectivity index (χ4v) is 3.14. The van der Waals surface area contributed by atoms with Crippen LogP contribution in [-0.2, 0) is 4.79 Å². The lowest BCUT2D eigenvalue weighted by Gasteiger charge is -2.45. The minimum atomic E-state index is -0.109. The predicted molar refractivity (Wildman–Crippen MR) is 77.2 cm³/mol. The lowest BCUT2D eigenvalue weighted by Crippen LogP contribution is -2.44. The second-order valence-electron chi connectivity index (χ2n) is 7.65. The number of hydrogen-bond donors (Lipinski definition) is 0. The molecule has 0 N–H and O–H groups in total. The number of para-hydroxylation sites is 1. The summed E-state index contributed by atoms with van der Waals surface area (Å²) in [6.07, 6.45) is 0. The Kier molecular flexibility index (Phi) is 3.24. The minimum absolute atomic E-state index is 0.0213. The summed E-state index contributed by atoms with van der Waals surface area (Å²) >= 11 is 0. The highest BCUT2D eigenvalue weighted by atomic mass is 16.5. The number of ether oxygens (including phenoxy) is 1. The molecule has 0 saturated carbocycles. The van der Waals surface area contributed by atoms with Gasteiger partial charge in [-0.05, 0) is 22.5 Å². The Bertz CT molecular complexity index is 489. The molecule has 2 unspecified atom stereocenters. The fraction of sp³-hybridized carbons (Fsp3) is 0.588. The minimum Gasteiger partial charge on any atom is -0.426 e. The van der Waals surface area contributed by atoms with E-state index in [4.69, 9.17) is 4.74 Å². The van der Waals surface area contributed by atoms with Gasteiger partial charge >= 0.3 is 5.97 Å². The van der Waals surface area contributed by atoms with Crippen LogP contribution in [0.4, 0.5) is 0 Å². The molecule has 0 radical (unpaired) electrons. The second-order valence-corrected chi connectivity index (χ2v) is 7.65. The van der Waals surface area contributed by atoms with E-state index in [0.29, 0.717) is 0 Å². The zero-order valence-electron chi connectivity index (χ0n) is 12.8. The van der Waals surface area contributed by atoms with Crippen LogP contribution < -0.4 is 4.74 Å². The zero-order chi connectivity index (χ0) is 14.4. The molecule has 1 aliphatic rings. The van der Waals surface area contributed by atoms with Gasteiger partial charge in [0, 0.05) is 5.92 Å². The number of hydrogen-bond acceptors (Lipinski definition) is 2. The van der Waals surface area contributed by atoms with Gasteiger partial charge in [-0.2, -0.15) is 0 Å². The molecular weight excluding hydrogens is 236 g/mol. The summed E-state index contributed by atoms with van der Waals surface area (Å²) < 4.78 is 5.56. The molecule has 0 fully saturated rings. The van der Waals surface area contributed by atoms with Gasteiger partial charge in [-0.1, -0.05) is 59.7 Å². The molecule has 2 heteroatoms. The first-order valence-electron chi connectivity index (χ1n) is 6.93. The number of carbonyl (C=O) groups is 1. The molecule has 0 amide bonds. The lowest BCUT2D eigenvalue weighted by atomic mass is 9.61. The maximum absolute atomic E-state index is 12.4. The average molecular weight is 260 g/mol. The van der Waals surface area contributed by atoms with Crippen LogP contribution in [0.15, 0.2) is 24.3 Å². The van der Waals surface area contributed by atoms with Gasteiger partial charge in [0.05, 0.1) is 5.92 Å². The highest BCUT2D eigenvalue weighted by Crippen LogP contribution is 2.52. The Hall–Kier alpha value is -1.31. The second kappa shape index (κ2) is 4.36. The monoisotopic (exact) mass is 260 g/mol. The van der Waals surface area contributed by atoms with Crippen molar-refractivity contribution in [2.45, 2.75) is 47.5 Å². The van der Waals surface area contributed by atoms with Gasteiger partial charge in [0.2, 0.25) is 0 Å². The predicted octanol–water partition coefficient (Wildman–Crippen LogP) is 4.40. The van der Waals surface area contributed by atoms with Crippen molar-refractivity contribution in [1.82, 2.24) is 0 Å². The van der Waals surface area contributed by atoms with Crippen LogP contribution in [0, 0.1) is 16.7 Å². The third kappa shape index (κ3) is 2.54. The van der Waals surface area contributed by atoms with E-state index >= 15 is 0 Å². The van der Waals surface area contributed by atoms with E-state index in [1.54, 1.807) is 0 Å². The maximum Gasteiger partial charge on any atom is 0.315 e. The quantitative estimate of drug-likeness (QED) is 0.510. The Balaban J connectivity index is 2.62. The van der Waals surface area contributed by atoms with Crippen molar-refractivity contribution in [1.29, 1.82) is 0 Å². The van der Waals surface area contributed by atoms with Crippen LogP contribution in [0.1, 0.15) is 53.0 Å². The molecule has 1 aliphatic heterocycles. The van der Waals surface area contributed by atoms with Gasteiger partial charge in [0.25, 0.3) is 0 Å². The van der Waals surface area contributed by atoms with E-state index in [-0.39, 0.29) is 28.6 Å². The largest absolute Gasteiger partial charge is 0.426 e. The van der Waals surface area contributed by atoms with E-state index in [9.17, 15) is 4.79 Å². The van der Waals surface area contributed by atoms with Gasteiger partial charge < -0.3 is 4.74 Å². The van der Waals surface area contributed by atoms with Gasteiger partial charge in [0.15, 0.2) is 0 Å². The highest BCUT2D eigenvalue weighted by molar-refractivity contribution is 5.80. The van der Waals surface area contributed by atoms with Crippen LogP contribution in [0.2, 0.25) is 0 Å². The van der Waals surface area contributed by atoms with Crippen molar-refractivity contribution < 1.29 is 9.53 Å². The summed E-state index contributed by atoms with van der Waals surface area (Å²) in [4.78, 5) is 12.4. The SMILES string of the molecule is CC(C)(C)C1C(=O)Oc2ccccc2C1C(C)(C)C. The average Bonchev–Trinajstić information content (AvgIpc) is 2.24. The number of fused-ring (bicyclic) bond motifs is 1. The highest BCUT2D eigenvalue weighted by Gasteiger charge is 2.48. The topological polar surface area (TPSA) is 26.3 Å². The summed E-state index contributed by atoms with van der Waals surface area (Å²) in [6, 6.07) is 7.93. The molecule has 0 bridgehead atoms. The van der Waals surface area contributed by atoms with Crippen molar-refractivity contribution in [2.75, 3.05) is 0 Å². The summed E-state index contributed by atoms with van der Waals surface area (Å²) in [6.45, 7) is 13.0. The van der Waals surface area contributed by atoms with E-state index in [1.807, 2.05) is 18.2 Å². The molecule has 1 aromatic rings. The Morgan fingerprint density at radius 1 is 0.895 bits per heavy atom. The number of rotatable bonds is 0. The number of carbonyl (C=O) groups excluding carboxylic acids is 1.